The third-order valence-corrected chi connectivity index (χ3v) is 18.7. The highest BCUT2D eigenvalue weighted by Gasteiger charge is 2.70. The number of hydrogen-bond donors (Lipinski definition) is 4. The summed E-state index contributed by atoms with van der Waals surface area (Å²) >= 11 is 0. The van der Waals surface area contributed by atoms with Crippen LogP contribution in [-0.4, -0.2) is 101 Å². The van der Waals surface area contributed by atoms with Gasteiger partial charge in [0.15, 0.2) is 18.5 Å². The molecule has 1 amide bonds. The Morgan fingerprint density at radius 1 is 0.714 bits per heavy atom. The van der Waals surface area contributed by atoms with Crippen molar-refractivity contribution in [1.29, 1.82) is 0 Å². The number of hydrogen-bond acceptors (Lipinski definition) is 12. The van der Waals surface area contributed by atoms with Crippen molar-refractivity contribution in [3.8, 4) is 0 Å². The maximum atomic E-state index is 12.3. The molecule has 6 rings (SSSR count). The summed E-state index contributed by atoms with van der Waals surface area (Å²) in [6.07, 6.45) is 4.39. The Kier molecular flexibility index (Phi) is 14.3. The maximum absolute atomic E-state index is 12.3. The van der Waals surface area contributed by atoms with Crippen LogP contribution in [0.25, 0.3) is 0 Å². The SMILES string of the molecule is [2H]C([2H])(OC(C)=O)[C@H]1O[C@@H](OCC[C@H](O)[C@H](O)[C@H](O)CCC(C)[C@H]2CC[C@]3(C)[C@H]4CC[C@@H]5[C@@]6(C)CCCC(C)(C)[C@@H]6CC[C@@]5(C)[C@]4(C)CC[C@@H]23)[C@H](NC(C)=O)[C@@H](OC(C)=O)[C@@H]1OC(C)=O. The fourth-order valence-electron chi connectivity index (χ4n) is 15.8. The Bertz CT molecular complexity index is 1750. The second-order valence-corrected chi connectivity index (χ2v) is 22.7. The summed E-state index contributed by atoms with van der Waals surface area (Å²) in [5, 5.41) is 36.0. The molecule has 63 heavy (non-hydrogen) atoms. The Morgan fingerprint density at radius 2 is 1.32 bits per heavy atom. The normalized spacial score (nSPS) is 43.1. The van der Waals surface area contributed by atoms with Crippen molar-refractivity contribution in [3.05, 3.63) is 0 Å². The van der Waals surface area contributed by atoms with Crippen LogP contribution in [0.1, 0.15) is 169 Å². The molecule has 1 aliphatic heterocycles. The van der Waals surface area contributed by atoms with Gasteiger partial charge in [0, 0.05) is 27.7 Å². The van der Waals surface area contributed by atoms with Crippen LogP contribution in [0.3, 0.4) is 0 Å². The molecule has 0 bridgehead atoms. The molecule has 6 fully saturated rings. The second kappa shape index (κ2) is 19.1. The average Bonchev–Trinajstić information content (AvgIpc) is 3.54. The Balaban J connectivity index is 1.06. The first-order valence-electron chi connectivity index (χ1n) is 25.3. The summed E-state index contributed by atoms with van der Waals surface area (Å²) in [6, 6.07) is -1.35. The minimum atomic E-state index is -2.93. The van der Waals surface area contributed by atoms with Gasteiger partial charge in [-0.2, -0.15) is 0 Å². The van der Waals surface area contributed by atoms with E-state index in [0.29, 0.717) is 58.2 Å². The number of esters is 3. The molecule has 0 aromatic carbocycles. The van der Waals surface area contributed by atoms with Gasteiger partial charge in [0.1, 0.15) is 24.8 Å². The van der Waals surface area contributed by atoms with Crippen LogP contribution >= 0.6 is 0 Å². The summed E-state index contributed by atoms with van der Waals surface area (Å²) in [5.74, 6) is 0.403. The van der Waals surface area contributed by atoms with Crippen molar-refractivity contribution < 1.29 is 60.9 Å². The molecule has 13 heteroatoms. The molecular weight excluding hydrogens is 807 g/mol. The molecule has 13 nitrogen and oxygen atoms in total. The van der Waals surface area contributed by atoms with Crippen LogP contribution in [-0.2, 0) is 42.9 Å². The first kappa shape index (κ1) is 47.2. The Morgan fingerprint density at radius 3 is 1.94 bits per heavy atom. The van der Waals surface area contributed by atoms with Crippen molar-refractivity contribution in [1.82, 2.24) is 5.32 Å². The predicted molar refractivity (Wildman–Crippen MR) is 235 cm³/mol. The molecule has 6 aliphatic rings. The summed E-state index contributed by atoms with van der Waals surface area (Å²) < 4.78 is 44.4. The molecule has 0 radical (unpaired) electrons. The molecular formula is C50H83NO12. The second-order valence-electron chi connectivity index (χ2n) is 22.7. The van der Waals surface area contributed by atoms with Crippen LogP contribution in [0.15, 0.2) is 0 Å². The van der Waals surface area contributed by atoms with Gasteiger partial charge in [-0.1, -0.05) is 54.9 Å². The molecule has 1 saturated heterocycles. The van der Waals surface area contributed by atoms with E-state index in [1.54, 1.807) is 0 Å². The molecule has 0 aromatic heterocycles. The molecule has 0 spiro atoms. The lowest BCUT2D eigenvalue weighted by molar-refractivity contribution is -0.278. The molecule has 1 unspecified atom stereocenters. The number of nitrogens with one attached hydrogen (secondary N) is 1. The molecule has 18 atom stereocenters. The van der Waals surface area contributed by atoms with Crippen LogP contribution in [0.4, 0.5) is 0 Å². The number of fused-ring (bicyclic) bond motifs is 7. The van der Waals surface area contributed by atoms with Crippen molar-refractivity contribution in [2.45, 2.75) is 215 Å². The molecule has 5 aliphatic carbocycles. The van der Waals surface area contributed by atoms with Gasteiger partial charge < -0.3 is 44.3 Å². The minimum Gasteiger partial charge on any atom is -0.463 e. The van der Waals surface area contributed by atoms with Crippen LogP contribution in [0, 0.1) is 62.6 Å². The van der Waals surface area contributed by atoms with Gasteiger partial charge in [-0.15, -0.1) is 0 Å². The molecule has 0 aromatic rings. The van der Waals surface area contributed by atoms with E-state index in [0.717, 1.165) is 32.6 Å². The van der Waals surface area contributed by atoms with E-state index in [2.05, 4.69) is 53.8 Å². The number of aliphatic hydroxyl groups is 3. The summed E-state index contributed by atoms with van der Waals surface area (Å²) in [5.41, 5.74) is 1.78. The van der Waals surface area contributed by atoms with Crippen molar-refractivity contribution in [2.24, 2.45) is 62.6 Å². The van der Waals surface area contributed by atoms with E-state index in [9.17, 15) is 34.5 Å². The first-order chi connectivity index (χ1) is 30.1. The van der Waals surface area contributed by atoms with Crippen molar-refractivity contribution in [3.63, 3.8) is 0 Å². The summed E-state index contributed by atoms with van der Waals surface area (Å²) in [4.78, 5) is 48.6. The topological polar surface area (TPSA) is 187 Å². The van der Waals surface area contributed by atoms with Gasteiger partial charge in [-0.05, 0) is 146 Å². The highest BCUT2D eigenvalue weighted by molar-refractivity contribution is 5.73. The zero-order valence-electron chi connectivity index (χ0n) is 42.2. The number of carbonyl (C=O) groups excluding carboxylic acids is 4. The Labute approximate surface area is 380 Å². The molecule has 5 saturated carbocycles. The number of carbonyl (C=O) groups is 4. The number of amides is 1. The highest BCUT2D eigenvalue weighted by Crippen LogP contribution is 2.78. The van der Waals surface area contributed by atoms with Crippen LogP contribution < -0.4 is 5.32 Å². The van der Waals surface area contributed by atoms with E-state index < -0.39 is 79.3 Å². The molecule has 4 N–H and O–H groups in total. The van der Waals surface area contributed by atoms with Gasteiger partial charge in [0.05, 0.1) is 21.6 Å². The van der Waals surface area contributed by atoms with Gasteiger partial charge in [0.25, 0.3) is 0 Å². The summed E-state index contributed by atoms with van der Waals surface area (Å²) in [6.45, 7) is 19.1. The van der Waals surface area contributed by atoms with E-state index in [-0.39, 0.29) is 18.4 Å². The van der Waals surface area contributed by atoms with E-state index in [1.807, 2.05) is 0 Å². The summed E-state index contributed by atoms with van der Waals surface area (Å²) in [7, 11) is 0. The lowest BCUT2D eigenvalue weighted by Crippen LogP contribution is -2.66. The predicted octanol–water partition coefficient (Wildman–Crippen LogP) is 7.04. The fourth-order valence-corrected chi connectivity index (χ4v) is 15.8. The monoisotopic (exact) mass is 892 g/mol. The largest absolute Gasteiger partial charge is 0.463 e. The van der Waals surface area contributed by atoms with Crippen molar-refractivity contribution >= 4 is 23.8 Å². The standard InChI is InChI=1S/C50H83NO12/c1-28(33-17-23-47(8)34(33)18-24-49(10)39(47)15-16-40-48(9)22-12-21-46(6,7)38(48)19-25-50(40,49)11)13-14-35(56)42(58)36(57)20-26-59-45-41(51-29(2)52)44(62-32(5)55)43(61-31(4)54)37(63-45)27-60-30(3)53/h28,33-45,56-58H,12-27H2,1-11H3,(H,51,52)/t28?,33-,34+,35-,36+,37-,38+,39-,40-,41-,42-,43-,44-,45-,47+,48+,49-,50-/m1/s1/i27D2. The van der Waals surface area contributed by atoms with Crippen molar-refractivity contribution in [2.75, 3.05) is 13.2 Å². The quantitative estimate of drug-likeness (QED) is 0.0972. The number of aliphatic hydroxyl groups excluding tert-OH is 3. The van der Waals surface area contributed by atoms with Crippen LogP contribution in [0.2, 0.25) is 0 Å². The first-order valence-corrected chi connectivity index (χ1v) is 24.3. The molecule has 360 valence electrons. The third-order valence-electron chi connectivity index (χ3n) is 18.7. The van der Waals surface area contributed by atoms with Gasteiger partial charge in [-0.3, -0.25) is 19.2 Å². The third kappa shape index (κ3) is 9.62. The Hall–Kier alpha value is -2.32. The fraction of sp³-hybridized carbons (Fsp3) is 0.920. The van der Waals surface area contributed by atoms with Gasteiger partial charge in [0.2, 0.25) is 5.91 Å². The zero-order chi connectivity index (χ0) is 48.2. The van der Waals surface area contributed by atoms with Gasteiger partial charge >= 0.3 is 17.9 Å². The smallest absolute Gasteiger partial charge is 0.303 e. The zero-order valence-corrected chi connectivity index (χ0v) is 40.2. The minimum absolute atomic E-state index is 0.200. The van der Waals surface area contributed by atoms with Gasteiger partial charge in [-0.25, -0.2) is 0 Å². The van der Waals surface area contributed by atoms with E-state index in [4.69, 9.17) is 26.4 Å². The van der Waals surface area contributed by atoms with E-state index in [1.165, 1.54) is 77.6 Å². The average molecular weight is 892 g/mol. The lowest BCUT2D eigenvalue weighted by Gasteiger charge is -2.73. The van der Waals surface area contributed by atoms with E-state index >= 15 is 0 Å². The molecule has 1 heterocycles. The van der Waals surface area contributed by atoms with Crippen LogP contribution in [0.5, 0.6) is 0 Å². The highest BCUT2D eigenvalue weighted by atomic mass is 16.7. The number of ether oxygens (including phenoxy) is 5. The maximum Gasteiger partial charge on any atom is 0.303 e. The lowest BCUT2D eigenvalue weighted by atomic mass is 9.32. The number of rotatable bonds is 15.